The number of rotatable bonds is 2. The van der Waals surface area contributed by atoms with Gasteiger partial charge in [-0.05, 0) is 35.4 Å². The summed E-state index contributed by atoms with van der Waals surface area (Å²) in [6.45, 7) is 0. The Morgan fingerprint density at radius 3 is 2.07 bits per heavy atom. The Hall–Kier alpha value is -3.43. The molecule has 0 aliphatic heterocycles. The van der Waals surface area contributed by atoms with Crippen LogP contribution >= 0.6 is 11.6 Å². The minimum absolute atomic E-state index is 0.259. The van der Waals surface area contributed by atoms with Gasteiger partial charge in [0.25, 0.3) is 0 Å². The number of halogens is 1. The van der Waals surface area contributed by atoms with Crippen molar-refractivity contribution in [1.82, 2.24) is 4.98 Å². The number of fused-ring (bicyclic) bond motifs is 3. The zero-order valence-corrected chi connectivity index (χ0v) is 15.6. The van der Waals surface area contributed by atoms with E-state index in [4.69, 9.17) is 11.6 Å². The minimum Gasteiger partial charge on any atom is -0.854 e. The van der Waals surface area contributed by atoms with E-state index >= 15 is 0 Å². The Morgan fingerprint density at radius 1 is 0.679 bits per heavy atom. The van der Waals surface area contributed by atoms with Crippen LogP contribution in [0.4, 0.5) is 0 Å². The predicted molar refractivity (Wildman–Crippen MR) is 110 cm³/mol. The summed E-state index contributed by atoms with van der Waals surface area (Å²) in [6, 6.07) is 29.5. The van der Waals surface area contributed by atoms with Crippen LogP contribution < -0.4 is 9.51 Å². The third-order valence-corrected chi connectivity index (χ3v) is 5.10. The van der Waals surface area contributed by atoms with E-state index < -0.39 is 0 Å². The van der Waals surface area contributed by atoms with Crippen LogP contribution in [0, 0.1) is 0 Å². The highest BCUT2D eigenvalue weighted by Gasteiger charge is 2.21. The van der Waals surface area contributed by atoms with Gasteiger partial charge in [0.1, 0.15) is 5.52 Å². The van der Waals surface area contributed by atoms with Crippen LogP contribution in [0.25, 0.3) is 38.9 Å². The van der Waals surface area contributed by atoms with E-state index in [1.807, 2.05) is 77.2 Å². The van der Waals surface area contributed by atoms with Crippen molar-refractivity contribution < 1.29 is 9.51 Å². The lowest BCUT2D eigenvalue weighted by atomic mass is 10.0. The van der Waals surface area contributed by atoms with Crippen LogP contribution in [0.1, 0.15) is 0 Å². The topological polar surface area (TPSA) is 40.1 Å². The highest BCUT2D eigenvalue weighted by Crippen LogP contribution is 2.29. The summed E-state index contributed by atoms with van der Waals surface area (Å²) >= 11 is 6.27. The second-order valence-corrected chi connectivity index (χ2v) is 7.07. The van der Waals surface area contributed by atoms with Crippen molar-refractivity contribution in [3.63, 3.8) is 0 Å². The summed E-state index contributed by atoms with van der Waals surface area (Å²) in [5.41, 5.74) is 5.91. The smallest absolute Gasteiger partial charge is 0.238 e. The second-order valence-electron chi connectivity index (χ2n) is 6.63. The fourth-order valence-electron chi connectivity index (χ4n) is 3.57. The Balaban J connectivity index is 1.97. The van der Waals surface area contributed by atoms with Crippen LogP contribution in [0.3, 0.4) is 0 Å². The highest BCUT2D eigenvalue weighted by atomic mass is 35.5. The molecule has 0 aliphatic carbocycles. The number of pyridine rings is 1. The van der Waals surface area contributed by atoms with Gasteiger partial charge in [0.05, 0.1) is 5.88 Å². The second kappa shape index (κ2) is 6.63. The molecular weight excluding hydrogens is 368 g/mol. The van der Waals surface area contributed by atoms with Crippen LogP contribution in [-0.4, -0.2) is 4.98 Å². The monoisotopic (exact) mass is 382 g/mol. The van der Waals surface area contributed by atoms with Crippen LogP contribution in [0.2, 0.25) is 5.02 Å². The standard InChI is InChI=1S/C24H15ClN2O/c25-19-11-12-20-22(15-19)27-21(17-9-5-2-6-10-17)13-18(14-23(27)24(28)26-20)16-7-3-1-4-8-16/h1-15H. The maximum Gasteiger partial charge on any atom is 0.238 e. The molecular formula is C24H15ClN2O. The molecule has 134 valence electrons. The lowest BCUT2D eigenvalue weighted by molar-refractivity contribution is -0.474. The van der Waals surface area contributed by atoms with E-state index in [0.717, 1.165) is 27.9 Å². The number of hydrogen-bond donors (Lipinski definition) is 0. The van der Waals surface area contributed by atoms with Crippen molar-refractivity contribution in [3.8, 4) is 28.3 Å². The van der Waals surface area contributed by atoms with Gasteiger partial charge >= 0.3 is 0 Å². The third kappa shape index (κ3) is 2.77. The summed E-state index contributed by atoms with van der Waals surface area (Å²) in [7, 11) is 0. The molecule has 5 rings (SSSR count). The zero-order chi connectivity index (χ0) is 19.1. The van der Waals surface area contributed by atoms with E-state index in [1.54, 1.807) is 12.1 Å². The Bertz CT molecular complexity index is 1320. The van der Waals surface area contributed by atoms with Crippen LogP contribution in [0.5, 0.6) is 5.88 Å². The summed E-state index contributed by atoms with van der Waals surface area (Å²) < 4.78 is 1.96. The molecule has 0 bridgehead atoms. The molecule has 0 unspecified atom stereocenters. The molecule has 5 aromatic rings. The maximum absolute atomic E-state index is 12.9. The summed E-state index contributed by atoms with van der Waals surface area (Å²) in [6.07, 6.45) is 0. The van der Waals surface area contributed by atoms with Gasteiger partial charge in [0, 0.05) is 28.8 Å². The molecule has 0 amide bonds. The lowest BCUT2D eigenvalue weighted by Gasteiger charge is -2.12. The molecule has 3 aromatic carbocycles. The van der Waals surface area contributed by atoms with E-state index in [0.29, 0.717) is 16.1 Å². The fraction of sp³-hybridized carbons (Fsp3) is 0. The molecule has 0 N–H and O–H groups in total. The van der Waals surface area contributed by atoms with Crippen molar-refractivity contribution in [2.45, 2.75) is 0 Å². The van der Waals surface area contributed by atoms with Crippen molar-refractivity contribution in [1.29, 1.82) is 0 Å². The molecule has 2 aromatic heterocycles. The molecule has 0 fully saturated rings. The Kier molecular flexibility index (Phi) is 3.96. The molecule has 0 aliphatic rings. The van der Waals surface area contributed by atoms with E-state index in [-0.39, 0.29) is 5.88 Å². The van der Waals surface area contributed by atoms with Crippen molar-refractivity contribution in [3.05, 3.63) is 96.0 Å². The van der Waals surface area contributed by atoms with Gasteiger partial charge in [-0.2, -0.15) is 4.40 Å². The molecule has 28 heavy (non-hydrogen) atoms. The fourth-order valence-corrected chi connectivity index (χ4v) is 3.73. The van der Waals surface area contributed by atoms with Gasteiger partial charge in [0.2, 0.25) is 16.7 Å². The first-order valence-electron chi connectivity index (χ1n) is 8.98. The first-order chi connectivity index (χ1) is 13.7. The SMILES string of the molecule is [O-]c1nc2ccc(Cl)cc2[n+]2c(-c3ccccc3)cc(-c3ccccc3)cc12. The number of benzene rings is 3. The molecule has 0 atom stereocenters. The van der Waals surface area contributed by atoms with Gasteiger partial charge in [0.15, 0.2) is 0 Å². The minimum atomic E-state index is -0.259. The quantitative estimate of drug-likeness (QED) is 0.317. The lowest BCUT2D eigenvalue weighted by Crippen LogP contribution is -2.28. The Labute approximate surface area is 167 Å². The van der Waals surface area contributed by atoms with Gasteiger partial charge in [-0.25, -0.2) is 0 Å². The first kappa shape index (κ1) is 16.7. The van der Waals surface area contributed by atoms with Crippen LogP contribution in [0.15, 0.2) is 91.0 Å². The van der Waals surface area contributed by atoms with E-state index in [1.165, 1.54) is 0 Å². The summed E-state index contributed by atoms with van der Waals surface area (Å²) in [5, 5.41) is 13.5. The predicted octanol–water partition coefficient (Wildman–Crippen LogP) is 5.03. The van der Waals surface area contributed by atoms with E-state index in [2.05, 4.69) is 11.1 Å². The molecule has 2 heterocycles. The van der Waals surface area contributed by atoms with E-state index in [9.17, 15) is 5.11 Å². The average Bonchev–Trinajstić information content (AvgIpc) is 2.75. The molecule has 0 saturated heterocycles. The number of aromatic nitrogens is 2. The van der Waals surface area contributed by atoms with Gasteiger partial charge in [-0.15, -0.1) is 0 Å². The van der Waals surface area contributed by atoms with Gasteiger partial charge in [-0.3, -0.25) is 4.98 Å². The van der Waals surface area contributed by atoms with Crippen molar-refractivity contribution >= 4 is 28.2 Å². The molecule has 0 saturated carbocycles. The Morgan fingerprint density at radius 2 is 1.36 bits per heavy atom. The summed E-state index contributed by atoms with van der Waals surface area (Å²) in [4.78, 5) is 4.28. The average molecular weight is 383 g/mol. The van der Waals surface area contributed by atoms with Gasteiger partial charge < -0.3 is 5.11 Å². The highest BCUT2D eigenvalue weighted by molar-refractivity contribution is 6.31. The molecule has 4 heteroatoms. The largest absolute Gasteiger partial charge is 0.854 e. The van der Waals surface area contributed by atoms with Crippen LogP contribution in [-0.2, 0) is 0 Å². The van der Waals surface area contributed by atoms with Gasteiger partial charge in [-0.1, -0.05) is 60.1 Å². The molecule has 3 nitrogen and oxygen atoms in total. The normalized spacial score (nSPS) is 11.2. The van der Waals surface area contributed by atoms with Crippen molar-refractivity contribution in [2.24, 2.45) is 0 Å². The molecule has 0 radical (unpaired) electrons. The number of nitrogens with zero attached hydrogens (tertiary/aromatic N) is 2. The summed E-state index contributed by atoms with van der Waals surface area (Å²) in [5.74, 6) is -0.259. The number of hydrogen-bond acceptors (Lipinski definition) is 2. The first-order valence-corrected chi connectivity index (χ1v) is 9.35. The molecule has 0 spiro atoms. The third-order valence-electron chi connectivity index (χ3n) is 4.86. The zero-order valence-electron chi connectivity index (χ0n) is 14.8. The maximum atomic E-state index is 12.9. The van der Waals surface area contributed by atoms with Crippen molar-refractivity contribution in [2.75, 3.05) is 0 Å².